The van der Waals surface area contributed by atoms with Crippen LogP contribution in [0.3, 0.4) is 0 Å². The molecule has 1 spiro atoms. The molecule has 1 saturated carbocycles. The minimum atomic E-state index is -0.641. The average Bonchev–Trinajstić information content (AvgIpc) is 2.82. The molecule has 5 heteroatoms. The Morgan fingerprint density at radius 1 is 1.15 bits per heavy atom. The van der Waals surface area contributed by atoms with Crippen LogP contribution in [0.2, 0.25) is 0 Å². The van der Waals surface area contributed by atoms with E-state index in [0.29, 0.717) is 26.2 Å². The minimum absolute atomic E-state index is 0.0188. The van der Waals surface area contributed by atoms with Gasteiger partial charge in [-0.05, 0) is 26.2 Å². The molecule has 0 radical (unpaired) electrons. The van der Waals surface area contributed by atoms with Gasteiger partial charge in [-0.15, -0.1) is 0 Å². The molecule has 0 aromatic carbocycles. The number of carbonyl (C=O) groups excluding carboxylic acids is 2. The standard InChI is InChI=1S/C15H24N2O3/c1-14(8-10-20-11-14)17-9-5-12(18)16-15(13(17)19)6-3-2-4-7-15/h2-11H2,1H3,(H,16,18). The van der Waals surface area contributed by atoms with Gasteiger partial charge in [-0.25, -0.2) is 0 Å². The number of nitrogens with zero attached hydrogens (tertiary/aromatic N) is 1. The zero-order valence-corrected chi connectivity index (χ0v) is 12.2. The van der Waals surface area contributed by atoms with E-state index in [2.05, 4.69) is 12.2 Å². The lowest BCUT2D eigenvalue weighted by atomic mass is 9.79. The van der Waals surface area contributed by atoms with Crippen LogP contribution in [0.1, 0.15) is 51.9 Å². The third-order valence-corrected chi connectivity index (χ3v) is 5.15. The molecule has 2 amide bonds. The van der Waals surface area contributed by atoms with Crippen LogP contribution >= 0.6 is 0 Å². The first-order valence-electron chi connectivity index (χ1n) is 7.77. The summed E-state index contributed by atoms with van der Waals surface area (Å²) < 4.78 is 5.51. The Bertz CT molecular complexity index is 409. The molecule has 5 nitrogen and oxygen atoms in total. The molecule has 2 saturated heterocycles. The molecule has 2 heterocycles. The van der Waals surface area contributed by atoms with Gasteiger partial charge in [-0.1, -0.05) is 19.3 Å². The van der Waals surface area contributed by atoms with Gasteiger partial charge < -0.3 is 15.0 Å². The average molecular weight is 280 g/mol. The van der Waals surface area contributed by atoms with E-state index in [-0.39, 0.29) is 17.4 Å². The summed E-state index contributed by atoms with van der Waals surface area (Å²) in [5.41, 5.74) is -0.884. The van der Waals surface area contributed by atoms with Crippen LogP contribution < -0.4 is 5.32 Å². The van der Waals surface area contributed by atoms with Gasteiger partial charge in [0.05, 0.1) is 12.1 Å². The molecule has 3 rings (SSSR count). The van der Waals surface area contributed by atoms with Crippen molar-refractivity contribution in [2.24, 2.45) is 0 Å². The molecule has 1 N–H and O–H groups in total. The molecule has 0 aromatic rings. The summed E-state index contributed by atoms with van der Waals surface area (Å²) >= 11 is 0. The van der Waals surface area contributed by atoms with Gasteiger partial charge in [0.2, 0.25) is 11.8 Å². The van der Waals surface area contributed by atoms with Crippen molar-refractivity contribution in [2.75, 3.05) is 19.8 Å². The van der Waals surface area contributed by atoms with Crippen LogP contribution in [0.5, 0.6) is 0 Å². The first kappa shape index (κ1) is 13.9. The van der Waals surface area contributed by atoms with Gasteiger partial charge in [0.25, 0.3) is 0 Å². The monoisotopic (exact) mass is 280 g/mol. The summed E-state index contributed by atoms with van der Waals surface area (Å²) in [5, 5.41) is 3.04. The van der Waals surface area contributed by atoms with Gasteiger partial charge in [0, 0.05) is 19.6 Å². The van der Waals surface area contributed by atoms with Crippen molar-refractivity contribution < 1.29 is 14.3 Å². The summed E-state index contributed by atoms with van der Waals surface area (Å²) in [5.74, 6) is 0.140. The molecule has 0 aromatic heterocycles. The zero-order valence-electron chi connectivity index (χ0n) is 12.2. The van der Waals surface area contributed by atoms with E-state index in [1.807, 2.05) is 4.90 Å². The van der Waals surface area contributed by atoms with Crippen LogP contribution in [0.25, 0.3) is 0 Å². The molecular formula is C15H24N2O3. The van der Waals surface area contributed by atoms with Crippen molar-refractivity contribution in [3.63, 3.8) is 0 Å². The van der Waals surface area contributed by atoms with Crippen molar-refractivity contribution in [1.82, 2.24) is 10.2 Å². The highest BCUT2D eigenvalue weighted by atomic mass is 16.5. The van der Waals surface area contributed by atoms with Gasteiger partial charge in [0.15, 0.2) is 0 Å². The molecule has 2 aliphatic heterocycles. The van der Waals surface area contributed by atoms with Crippen molar-refractivity contribution in [1.29, 1.82) is 0 Å². The summed E-state index contributed by atoms with van der Waals surface area (Å²) in [6, 6.07) is 0. The van der Waals surface area contributed by atoms with E-state index < -0.39 is 5.54 Å². The summed E-state index contributed by atoms with van der Waals surface area (Å²) in [4.78, 5) is 27.1. The maximum Gasteiger partial charge on any atom is 0.248 e. The Balaban J connectivity index is 1.91. The highest BCUT2D eigenvalue weighted by Gasteiger charge is 2.50. The summed E-state index contributed by atoms with van der Waals surface area (Å²) in [6.45, 7) is 3.90. The van der Waals surface area contributed by atoms with Crippen LogP contribution in [-0.2, 0) is 14.3 Å². The van der Waals surface area contributed by atoms with Gasteiger partial charge in [-0.2, -0.15) is 0 Å². The normalized spacial score (nSPS) is 34.1. The molecule has 1 aliphatic carbocycles. The molecule has 3 aliphatic rings. The summed E-state index contributed by atoms with van der Waals surface area (Å²) in [6.07, 6.45) is 6.04. The largest absolute Gasteiger partial charge is 0.379 e. The van der Waals surface area contributed by atoms with E-state index in [9.17, 15) is 9.59 Å². The van der Waals surface area contributed by atoms with Gasteiger partial charge in [-0.3, -0.25) is 9.59 Å². The van der Waals surface area contributed by atoms with Crippen molar-refractivity contribution in [2.45, 2.75) is 62.9 Å². The topological polar surface area (TPSA) is 58.6 Å². The Morgan fingerprint density at radius 3 is 2.55 bits per heavy atom. The maximum atomic E-state index is 13.1. The highest BCUT2D eigenvalue weighted by molar-refractivity contribution is 5.94. The van der Waals surface area contributed by atoms with E-state index in [1.54, 1.807) is 0 Å². The van der Waals surface area contributed by atoms with E-state index in [0.717, 1.165) is 38.5 Å². The second-order valence-corrected chi connectivity index (χ2v) is 6.70. The number of rotatable bonds is 1. The molecule has 20 heavy (non-hydrogen) atoms. The molecule has 0 bridgehead atoms. The quantitative estimate of drug-likeness (QED) is 0.785. The molecule has 1 unspecified atom stereocenters. The van der Waals surface area contributed by atoms with Crippen molar-refractivity contribution >= 4 is 11.8 Å². The van der Waals surface area contributed by atoms with Crippen LogP contribution in [0.4, 0.5) is 0 Å². The number of amides is 2. The predicted octanol–water partition coefficient (Wildman–Crippen LogP) is 1.22. The third-order valence-electron chi connectivity index (χ3n) is 5.15. The second-order valence-electron chi connectivity index (χ2n) is 6.70. The minimum Gasteiger partial charge on any atom is -0.379 e. The third kappa shape index (κ3) is 2.22. The van der Waals surface area contributed by atoms with E-state index >= 15 is 0 Å². The lowest BCUT2D eigenvalue weighted by Crippen LogP contribution is -2.62. The van der Waals surface area contributed by atoms with Crippen LogP contribution in [0, 0.1) is 0 Å². The zero-order chi connectivity index (χ0) is 14.2. The second kappa shape index (κ2) is 5.02. The van der Waals surface area contributed by atoms with Crippen LogP contribution in [-0.4, -0.2) is 47.6 Å². The molecular weight excluding hydrogens is 256 g/mol. The SMILES string of the molecule is CC1(N2CCC(=O)NC3(CCCCC3)C2=O)CCOC1. The number of hydrogen-bond donors (Lipinski definition) is 1. The fraction of sp³-hybridized carbons (Fsp3) is 0.867. The maximum absolute atomic E-state index is 13.1. The van der Waals surface area contributed by atoms with E-state index in [1.165, 1.54) is 0 Å². The Morgan fingerprint density at radius 2 is 1.90 bits per heavy atom. The van der Waals surface area contributed by atoms with Crippen molar-refractivity contribution in [3.05, 3.63) is 0 Å². The lowest BCUT2D eigenvalue weighted by molar-refractivity contribution is -0.145. The Labute approximate surface area is 120 Å². The fourth-order valence-corrected chi connectivity index (χ4v) is 3.83. The molecule has 1 atom stereocenters. The summed E-state index contributed by atoms with van der Waals surface area (Å²) in [7, 11) is 0. The Hall–Kier alpha value is -1.10. The first-order valence-corrected chi connectivity index (χ1v) is 7.77. The number of ether oxygens (including phenoxy) is 1. The predicted molar refractivity (Wildman–Crippen MR) is 74.1 cm³/mol. The smallest absolute Gasteiger partial charge is 0.248 e. The van der Waals surface area contributed by atoms with Crippen LogP contribution in [0.15, 0.2) is 0 Å². The lowest BCUT2D eigenvalue weighted by Gasteiger charge is -2.43. The molecule has 3 fully saturated rings. The van der Waals surface area contributed by atoms with Crippen molar-refractivity contribution in [3.8, 4) is 0 Å². The van der Waals surface area contributed by atoms with Gasteiger partial charge >= 0.3 is 0 Å². The molecule has 112 valence electrons. The van der Waals surface area contributed by atoms with Gasteiger partial charge in [0.1, 0.15) is 5.54 Å². The first-order chi connectivity index (χ1) is 9.56. The van der Waals surface area contributed by atoms with E-state index in [4.69, 9.17) is 4.74 Å². The number of carbonyl (C=O) groups is 2. The highest BCUT2D eigenvalue weighted by Crippen LogP contribution is 2.36. The Kier molecular flexibility index (Phi) is 3.48. The number of hydrogen-bond acceptors (Lipinski definition) is 3. The number of nitrogens with one attached hydrogen (secondary N) is 1. The fourth-order valence-electron chi connectivity index (χ4n) is 3.83.